The normalized spacial score (nSPS) is 12.0. The third-order valence-corrected chi connectivity index (χ3v) is 4.45. The third kappa shape index (κ3) is 5.78. The molecule has 0 radical (unpaired) electrons. The highest BCUT2D eigenvalue weighted by Crippen LogP contribution is 2.27. The number of hydrogen-bond donors (Lipinski definition) is 1. The Bertz CT molecular complexity index is 648. The predicted octanol–water partition coefficient (Wildman–Crippen LogP) is 2.65. The van der Waals surface area contributed by atoms with Crippen LogP contribution in [-0.4, -0.2) is 39.7 Å². The molecule has 4 nitrogen and oxygen atoms in total. The van der Waals surface area contributed by atoms with Gasteiger partial charge in [-0.2, -0.15) is 0 Å². The van der Waals surface area contributed by atoms with Gasteiger partial charge in [-0.3, -0.25) is 4.90 Å². The quantitative estimate of drug-likeness (QED) is 0.756. The van der Waals surface area contributed by atoms with Gasteiger partial charge in [0.2, 0.25) is 10.0 Å². The summed E-state index contributed by atoms with van der Waals surface area (Å²) in [5.74, 6) is 0. The number of nitrogens with one attached hydrogen (secondary N) is 1. The molecule has 23 heavy (non-hydrogen) atoms. The standard InChI is InChI=1S/C18H24N2O2S/c1-20(15-9-14-19-23(2,21)22)18(16-10-5-3-6-11-16)17-12-7-4-8-13-17/h3-8,10-13,18-19H,9,14-15H2,1-2H3. The van der Waals surface area contributed by atoms with Gasteiger partial charge >= 0.3 is 0 Å². The molecule has 0 aromatic heterocycles. The fourth-order valence-electron chi connectivity index (χ4n) is 2.69. The lowest BCUT2D eigenvalue weighted by atomic mass is 9.97. The number of hydrogen-bond acceptors (Lipinski definition) is 3. The number of rotatable bonds is 8. The molecule has 0 amide bonds. The first kappa shape index (κ1) is 17.7. The molecule has 0 heterocycles. The van der Waals surface area contributed by atoms with Crippen LogP contribution in [0.5, 0.6) is 0 Å². The molecule has 0 aliphatic heterocycles. The summed E-state index contributed by atoms with van der Waals surface area (Å²) >= 11 is 0. The van der Waals surface area contributed by atoms with Crippen molar-refractivity contribution in [1.29, 1.82) is 0 Å². The van der Waals surface area contributed by atoms with Gasteiger partial charge in [0.25, 0.3) is 0 Å². The Kier molecular flexibility index (Phi) is 6.33. The van der Waals surface area contributed by atoms with Crippen LogP contribution < -0.4 is 4.72 Å². The van der Waals surface area contributed by atoms with Crippen molar-refractivity contribution in [2.45, 2.75) is 12.5 Å². The van der Waals surface area contributed by atoms with E-state index in [9.17, 15) is 8.42 Å². The monoisotopic (exact) mass is 332 g/mol. The van der Waals surface area contributed by atoms with E-state index >= 15 is 0 Å². The predicted molar refractivity (Wildman–Crippen MR) is 94.8 cm³/mol. The molecular weight excluding hydrogens is 308 g/mol. The highest BCUT2D eigenvalue weighted by atomic mass is 32.2. The molecule has 2 aromatic carbocycles. The molecule has 0 atom stereocenters. The Morgan fingerprint density at radius 1 is 0.957 bits per heavy atom. The van der Waals surface area contributed by atoms with E-state index in [0.29, 0.717) is 6.54 Å². The molecule has 0 saturated carbocycles. The third-order valence-electron chi connectivity index (χ3n) is 3.72. The van der Waals surface area contributed by atoms with Gasteiger partial charge in [-0.1, -0.05) is 60.7 Å². The first-order chi connectivity index (χ1) is 11.0. The summed E-state index contributed by atoms with van der Waals surface area (Å²) in [5, 5.41) is 0. The van der Waals surface area contributed by atoms with Crippen molar-refractivity contribution in [2.75, 3.05) is 26.4 Å². The van der Waals surface area contributed by atoms with Crippen LogP contribution in [0.2, 0.25) is 0 Å². The maximum absolute atomic E-state index is 11.1. The molecule has 124 valence electrons. The van der Waals surface area contributed by atoms with Crippen LogP contribution in [-0.2, 0) is 10.0 Å². The Balaban J connectivity index is 2.08. The van der Waals surface area contributed by atoms with Crippen molar-refractivity contribution < 1.29 is 8.42 Å². The molecule has 0 spiro atoms. The van der Waals surface area contributed by atoms with Crippen molar-refractivity contribution in [1.82, 2.24) is 9.62 Å². The van der Waals surface area contributed by atoms with E-state index in [4.69, 9.17) is 0 Å². The summed E-state index contributed by atoms with van der Waals surface area (Å²) in [4.78, 5) is 2.26. The topological polar surface area (TPSA) is 49.4 Å². The Morgan fingerprint density at radius 3 is 1.87 bits per heavy atom. The molecule has 5 heteroatoms. The van der Waals surface area contributed by atoms with E-state index in [1.165, 1.54) is 17.4 Å². The Labute approximate surface area is 139 Å². The molecule has 0 aliphatic rings. The van der Waals surface area contributed by atoms with Crippen molar-refractivity contribution in [3.05, 3.63) is 71.8 Å². The van der Waals surface area contributed by atoms with E-state index in [1.54, 1.807) is 0 Å². The SMILES string of the molecule is CN(CCCNS(C)(=O)=O)C(c1ccccc1)c1ccccc1. The van der Waals surface area contributed by atoms with Gasteiger partial charge < -0.3 is 0 Å². The number of benzene rings is 2. The van der Waals surface area contributed by atoms with Gasteiger partial charge in [-0.25, -0.2) is 13.1 Å². The first-order valence-electron chi connectivity index (χ1n) is 7.72. The van der Waals surface area contributed by atoms with Gasteiger partial charge in [0.05, 0.1) is 12.3 Å². The molecule has 0 bridgehead atoms. The molecule has 0 saturated heterocycles. The summed E-state index contributed by atoms with van der Waals surface area (Å²) in [7, 11) is -1.04. The first-order valence-corrected chi connectivity index (χ1v) is 9.61. The lowest BCUT2D eigenvalue weighted by Crippen LogP contribution is -2.30. The molecule has 2 aromatic rings. The van der Waals surface area contributed by atoms with Crippen LogP contribution in [0.15, 0.2) is 60.7 Å². The zero-order chi connectivity index (χ0) is 16.7. The van der Waals surface area contributed by atoms with Crippen LogP contribution in [0.1, 0.15) is 23.6 Å². The Morgan fingerprint density at radius 2 is 1.43 bits per heavy atom. The highest BCUT2D eigenvalue weighted by Gasteiger charge is 2.18. The maximum atomic E-state index is 11.1. The van der Waals surface area contributed by atoms with Crippen LogP contribution in [0, 0.1) is 0 Å². The minimum atomic E-state index is -3.12. The lowest BCUT2D eigenvalue weighted by molar-refractivity contribution is 0.276. The summed E-state index contributed by atoms with van der Waals surface area (Å²) in [6.45, 7) is 1.26. The molecule has 0 unspecified atom stereocenters. The van der Waals surface area contributed by atoms with Gasteiger partial charge in [0.15, 0.2) is 0 Å². The van der Waals surface area contributed by atoms with Crippen molar-refractivity contribution in [2.24, 2.45) is 0 Å². The van der Waals surface area contributed by atoms with Crippen molar-refractivity contribution >= 4 is 10.0 Å². The number of nitrogens with zero attached hydrogens (tertiary/aromatic N) is 1. The molecule has 1 N–H and O–H groups in total. The smallest absolute Gasteiger partial charge is 0.208 e. The van der Waals surface area contributed by atoms with Crippen LogP contribution in [0.4, 0.5) is 0 Å². The summed E-state index contributed by atoms with van der Waals surface area (Å²) in [6.07, 6.45) is 1.95. The minimum Gasteiger partial charge on any atom is -0.295 e. The van der Waals surface area contributed by atoms with Gasteiger partial charge in [0, 0.05) is 13.1 Å². The fraction of sp³-hybridized carbons (Fsp3) is 0.333. The van der Waals surface area contributed by atoms with Gasteiger partial charge in [-0.15, -0.1) is 0 Å². The summed E-state index contributed by atoms with van der Waals surface area (Å²) < 4.78 is 24.8. The van der Waals surface area contributed by atoms with E-state index < -0.39 is 10.0 Å². The zero-order valence-corrected chi connectivity index (χ0v) is 14.5. The summed E-state index contributed by atoms with van der Waals surface area (Å²) in [5.41, 5.74) is 2.47. The summed E-state index contributed by atoms with van der Waals surface area (Å²) in [6, 6.07) is 20.9. The van der Waals surface area contributed by atoms with Crippen LogP contribution in [0.25, 0.3) is 0 Å². The molecular formula is C18H24N2O2S. The van der Waals surface area contributed by atoms with Gasteiger partial charge in [-0.05, 0) is 24.6 Å². The molecule has 2 rings (SSSR count). The maximum Gasteiger partial charge on any atom is 0.208 e. The Hall–Kier alpha value is -1.69. The van der Waals surface area contributed by atoms with Crippen LogP contribution >= 0.6 is 0 Å². The van der Waals surface area contributed by atoms with E-state index in [0.717, 1.165) is 13.0 Å². The van der Waals surface area contributed by atoms with Crippen LogP contribution in [0.3, 0.4) is 0 Å². The fourth-order valence-corrected chi connectivity index (χ4v) is 3.20. The van der Waals surface area contributed by atoms with Crippen molar-refractivity contribution in [3.8, 4) is 0 Å². The van der Waals surface area contributed by atoms with E-state index in [1.807, 2.05) is 36.4 Å². The average molecular weight is 332 g/mol. The molecule has 0 fully saturated rings. The highest BCUT2D eigenvalue weighted by molar-refractivity contribution is 7.88. The van der Waals surface area contributed by atoms with Crippen molar-refractivity contribution in [3.63, 3.8) is 0 Å². The second-order valence-electron chi connectivity index (χ2n) is 5.72. The van der Waals surface area contributed by atoms with E-state index in [-0.39, 0.29) is 6.04 Å². The largest absolute Gasteiger partial charge is 0.295 e. The lowest BCUT2D eigenvalue weighted by Gasteiger charge is -2.29. The molecule has 0 aliphatic carbocycles. The minimum absolute atomic E-state index is 0.163. The average Bonchev–Trinajstić information content (AvgIpc) is 2.53. The van der Waals surface area contributed by atoms with Gasteiger partial charge in [0.1, 0.15) is 0 Å². The second kappa shape index (κ2) is 8.24. The number of sulfonamides is 1. The zero-order valence-electron chi connectivity index (χ0n) is 13.6. The second-order valence-corrected chi connectivity index (χ2v) is 7.56. The van der Waals surface area contributed by atoms with E-state index in [2.05, 4.69) is 40.9 Å².